The highest BCUT2D eigenvalue weighted by atomic mass is 16.6. The van der Waals surface area contributed by atoms with Crippen LogP contribution in [0, 0.1) is 10.1 Å². The fraction of sp³-hybridized carbons (Fsp3) is 0.571. The zero-order valence-electron chi connectivity index (χ0n) is 11.5. The molecule has 5 heteroatoms. The van der Waals surface area contributed by atoms with E-state index in [0.717, 1.165) is 31.6 Å². The number of nitrogens with one attached hydrogen (secondary N) is 1. The fourth-order valence-electron chi connectivity index (χ4n) is 2.51. The van der Waals surface area contributed by atoms with E-state index in [4.69, 9.17) is 0 Å². The van der Waals surface area contributed by atoms with Crippen molar-refractivity contribution in [1.82, 2.24) is 4.90 Å². The van der Waals surface area contributed by atoms with Crippen LogP contribution in [0.2, 0.25) is 0 Å². The molecular weight excluding hydrogens is 242 g/mol. The lowest BCUT2D eigenvalue weighted by Crippen LogP contribution is -2.42. The first-order valence-electron chi connectivity index (χ1n) is 6.81. The van der Waals surface area contributed by atoms with E-state index in [1.165, 1.54) is 6.07 Å². The minimum atomic E-state index is -0.355. The Kier molecular flexibility index (Phi) is 4.37. The highest BCUT2D eigenvalue weighted by Gasteiger charge is 2.20. The molecule has 104 valence electrons. The summed E-state index contributed by atoms with van der Waals surface area (Å²) in [5.41, 5.74) is 0.988. The molecule has 1 heterocycles. The normalized spacial score (nSPS) is 17.6. The first-order valence-corrected chi connectivity index (χ1v) is 6.81. The van der Waals surface area contributed by atoms with Gasteiger partial charge in [0.2, 0.25) is 0 Å². The fourth-order valence-corrected chi connectivity index (χ4v) is 2.51. The van der Waals surface area contributed by atoms with Crippen molar-refractivity contribution in [2.45, 2.75) is 38.8 Å². The van der Waals surface area contributed by atoms with Gasteiger partial charge >= 0.3 is 0 Å². The first-order chi connectivity index (χ1) is 9.06. The van der Waals surface area contributed by atoms with Gasteiger partial charge in [0.25, 0.3) is 5.69 Å². The summed E-state index contributed by atoms with van der Waals surface area (Å²) in [5, 5.41) is 14.1. The number of non-ortho nitro benzene ring substituents is 1. The van der Waals surface area contributed by atoms with Gasteiger partial charge in [0, 0.05) is 43.0 Å². The van der Waals surface area contributed by atoms with Gasteiger partial charge in [-0.25, -0.2) is 0 Å². The Morgan fingerprint density at radius 2 is 2.05 bits per heavy atom. The maximum Gasteiger partial charge on any atom is 0.271 e. The number of rotatable bonds is 4. The number of likely N-dealkylation sites (tertiary alicyclic amines) is 1. The molecule has 1 aliphatic rings. The standard InChI is InChI=1S/C14H21N3O2/c1-11(2)16-8-6-12(7-9-16)15-13-4-3-5-14(10-13)17(18)19/h3-5,10-12,15H,6-9H2,1-2H3. The minimum Gasteiger partial charge on any atom is -0.382 e. The van der Waals surface area contributed by atoms with Gasteiger partial charge in [0.15, 0.2) is 0 Å². The predicted molar refractivity (Wildman–Crippen MR) is 76.5 cm³/mol. The lowest BCUT2D eigenvalue weighted by Gasteiger charge is -2.35. The number of nitro groups is 1. The summed E-state index contributed by atoms with van der Waals surface area (Å²) in [5.74, 6) is 0. The summed E-state index contributed by atoms with van der Waals surface area (Å²) in [6, 6.07) is 7.75. The van der Waals surface area contributed by atoms with Gasteiger partial charge in [-0.1, -0.05) is 6.07 Å². The van der Waals surface area contributed by atoms with Gasteiger partial charge in [-0.3, -0.25) is 10.1 Å². The van der Waals surface area contributed by atoms with E-state index in [1.54, 1.807) is 12.1 Å². The van der Waals surface area contributed by atoms with Gasteiger partial charge in [0.1, 0.15) is 0 Å². The van der Waals surface area contributed by atoms with Crippen LogP contribution in [0.1, 0.15) is 26.7 Å². The molecule has 0 radical (unpaired) electrons. The topological polar surface area (TPSA) is 58.4 Å². The lowest BCUT2D eigenvalue weighted by atomic mass is 10.0. The van der Waals surface area contributed by atoms with Gasteiger partial charge in [-0.15, -0.1) is 0 Å². The van der Waals surface area contributed by atoms with Crippen molar-refractivity contribution in [2.24, 2.45) is 0 Å². The third-order valence-corrected chi connectivity index (χ3v) is 3.69. The largest absolute Gasteiger partial charge is 0.382 e. The number of hydrogen-bond donors (Lipinski definition) is 1. The highest BCUT2D eigenvalue weighted by molar-refractivity contribution is 5.51. The maximum atomic E-state index is 10.7. The van der Waals surface area contributed by atoms with Crippen LogP contribution < -0.4 is 5.32 Å². The molecule has 0 bridgehead atoms. The average molecular weight is 263 g/mol. The third kappa shape index (κ3) is 3.67. The average Bonchev–Trinajstić information content (AvgIpc) is 2.39. The van der Waals surface area contributed by atoms with E-state index in [9.17, 15) is 10.1 Å². The number of benzene rings is 1. The number of piperidine rings is 1. The van der Waals surface area contributed by atoms with Crippen molar-refractivity contribution >= 4 is 11.4 Å². The molecule has 1 aromatic carbocycles. The summed E-state index contributed by atoms with van der Waals surface area (Å²) in [6.45, 7) is 6.61. The van der Waals surface area contributed by atoms with Crippen LogP contribution in [-0.4, -0.2) is 35.0 Å². The zero-order chi connectivity index (χ0) is 13.8. The third-order valence-electron chi connectivity index (χ3n) is 3.69. The summed E-state index contributed by atoms with van der Waals surface area (Å²) in [4.78, 5) is 12.8. The molecule has 1 fully saturated rings. The molecular formula is C14H21N3O2. The van der Waals surface area contributed by atoms with Crippen LogP contribution in [0.5, 0.6) is 0 Å². The van der Waals surface area contributed by atoms with Crippen LogP contribution in [0.25, 0.3) is 0 Å². The summed E-state index contributed by atoms with van der Waals surface area (Å²) >= 11 is 0. The number of anilines is 1. The molecule has 1 saturated heterocycles. The van der Waals surface area contributed by atoms with Crippen molar-refractivity contribution in [1.29, 1.82) is 0 Å². The SMILES string of the molecule is CC(C)N1CCC(Nc2cccc([N+](=O)[O-])c2)CC1. The minimum absolute atomic E-state index is 0.143. The van der Waals surface area contributed by atoms with Crippen LogP contribution in [0.3, 0.4) is 0 Å². The van der Waals surface area contributed by atoms with Crippen molar-refractivity contribution < 1.29 is 4.92 Å². The molecule has 0 aromatic heterocycles. The summed E-state index contributed by atoms with van der Waals surface area (Å²) in [7, 11) is 0. The number of hydrogen-bond acceptors (Lipinski definition) is 4. The van der Waals surface area contributed by atoms with E-state index in [-0.39, 0.29) is 10.6 Å². The van der Waals surface area contributed by atoms with Crippen molar-refractivity contribution in [3.63, 3.8) is 0 Å². The maximum absolute atomic E-state index is 10.7. The lowest BCUT2D eigenvalue weighted by molar-refractivity contribution is -0.384. The Hall–Kier alpha value is -1.62. The molecule has 19 heavy (non-hydrogen) atoms. The molecule has 1 N–H and O–H groups in total. The van der Waals surface area contributed by atoms with Crippen LogP contribution in [0.15, 0.2) is 24.3 Å². The molecule has 5 nitrogen and oxygen atoms in total. The Morgan fingerprint density at radius 3 is 2.63 bits per heavy atom. The van der Waals surface area contributed by atoms with Gasteiger partial charge < -0.3 is 10.2 Å². The second kappa shape index (κ2) is 6.02. The molecule has 0 unspecified atom stereocenters. The van der Waals surface area contributed by atoms with Gasteiger partial charge in [0.05, 0.1) is 4.92 Å². The molecule has 1 aliphatic heterocycles. The van der Waals surface area contributed by atoms with E-state index in [0.29, 0.717) is 12.1 Å². The van der Waals surface area contributed by atoms with Crippen LogP contribution in [0.4, 0.5) is 11.4 Å². The number of nitro benzene ring substituents is 1. The summed E-state index contributed by atoms with van der Waals surface area (Å²) in [6.07, 6.45) is 2.17. The smallest absolute Gasteiger partial charge is 0.271 e. The Morgan fingerprint density at radius 1 is 1.37 bits per heavy atom. The van der Waals surface area contributed by atoms with Crippen molar-refractivity contribution in [3.8, 4) is 0 Å². The van der Waals surface area contributed by atoms with E-state index >= 15 is 0 Å². The van der Waals surface area contributed by atoms with Crippen molar-refractivity contribution in [3.05, 3.63) is 34.4 Å². The second-order valence-electron chi connectivity index (χ2n) is 5.36. The van der Waals surface area contributed by atoms with E-state index in [1.807, 2.05) is 6.07 Å². The Bertz CT molecular complexity index is 440. The quantitative estimate of drug-likeness (QED) is 0.670. The Balaban J connectivity index is 1.92. The van der Waals surface area contributed by atoms with Gasteiger partial charge in [-0.05, 0) is 32.8 Å². The predicted octanol–water partition coefficient (Wildman–Crippen LogP) is 2.88. The zero-order valence-corrected chi connectivity index (χ0v) is 11.5. The van der Waals surface area contributed by atoms with E-state index in [2.05, 4.69) is 24.1 Å². The second-order valence-corrected chi connectivity index (χ2v) is 5.36. The molecule has 0 atom stereocenters. The highest BCUT2D eigenvalue weighted by Crippen LogP contribution is 2.21. The Labute approximate surface area is 113 Å². The molecule has 0 amide bonds. The molecule has 2 rings (SSSR count). The van der Waals surface area contributed by atoms with Crippen molar-refractivity contribution in [2.75, 3.05) is 18.4 Å². The molecule has 1 aromatic rings. The van der Waals surface area contributed by atoms with Crippen LogP contribution >= 0.6 is 0 Å². The molecule has 0 saturated carbocycles. The number of nitrogens with zero attached hydrogens (tertiary/aromatic N) is 2. The van der Waals surface area contributed by atoms with E-state index < -0.39 is 0 Å². The first kappa shape index (κ1) is 13.8. The monoisotopic (exact) mass is 263 g/mol. The summed E-state index contributed by atoms with van der Waals surface area (Å²) < 4.78 is 0. The van der Waals surface area contributed by atoms with Crippen LogP contribution in [-0.2, 0) is 0 Å². The van der Waals surface area contributed by atoms with Gasteiger partial charge in [-0.2, -0.15) is 0 Å². The molecule has 0 aliphatic carbocycles. The molecule has 0 spiro atoms.